The number of halogens is 3. The summed E-state index contributed by atoms with van der Waals surface area (Å²) in [7, 11) is -1.23. The minimum atomic E-state index is -4.55. The molecule has 0 unspecified atom stereocenters. The number of rotatable bonds is 6. The quantitative estimate of drug-likeness (QED) is 0.631. The van der Waals surface area contributed by atoms with E-state index in [1.165, 1.54) is 13.0 Å². The Balaban J connectivity index is 2.30. The zero-order valence-corrected chi connectivity index (χ0v) is 15.2. The van der Waals surface area contributed by atoms with Crippen LogP contribution in [-0.4, -0.2) is 34.3 Å². The molecule has 2 rings (SSSR count). The van der Waals surface area contributed by atoms with E-state index in [-0.39, 0.29) is 30.2 Å². The lowest BCUT2D eigenvalue weighted by Crippen LogP contribution is -2.22. The topological polar surface area (TPSA) is 60.2 Å². The molecule has 134 valence electrons. The van der Waals surface area contributed by atoms with Crippen molar-refractivity contribution in [2.45, 2.75) is 52.1 Å². The predicted octanol–water partition coefficient (Wildman–Crippen LogP) is 3.56. The summed E-state index contributed by atoms with van der Waals surface area (Å²) in [5.74, 6) is 0. The van der Waals surface area contributed by atoms with Crippen molar-refractivity contribution in [2.24, 2.45) is 0 Å². The van der Waals surface area contributed by atoms with Crippen LogP contribution in [0, 0.1) is 6.92 Å². The van der Waals surface area contributed by atoms with Gasteiger partial charge in [0.15, 0.2) is 11.3 Å². The Hall–Kier alpha value is -1.45. The van der Waals surface area contributed by atoms with Crippen molar-refractivity contribution < 1.29 is 23.0 Å². The fourth-order valence-electron chi connectivity index (χ4n) is 2.27. The molecule has 2 aromatic heterocycles. The first kappa shape index (κ1) is 18.9. The van der Waals surface area contributed by atoms with Crippen LogP contribution in [0.2, 0.25) is 25.7 Å². The second-order valence-electron chi connectivity index (χ2n) is 6.93. The number of aliphatic hydroxyl groups excluding tert-OH is 1. The number of hydrogen-bond acceptors (Lipinski definition) is 4. The molecule has 5 nitrogen and oxygen atoms in total. The zero-order valence-electron chi connectivity index (χ0n) is 14.2. The monoisotopic (exact) mass is 361 g/mol. The standard InChI is InChI=1S/C15H22F3N3O2Si/c1-10-13(15(16,17)18)20-12-7-11(8-22)21(14(12)19-10)9-23-5-6-24(2,3)4/h7,22H,5-6,8-9H2,1-4H3. The molecule has 0 aliphatic heterocycles. The smallest absolute Gasteiger partial charge is 0.390 e. The van der Waals surface area contributed by atoms with E-state index in [0.717, 1.165) is 6.04 Å². The molecule has 24 heavy (non-hydrogen) atoms. The molecule has 0 atom stereocenters. The Morgan fingerprint density at radius 1 is 1.25 bits per heavy atom. The van der Waals surface area contributed by atoms with Crippen LogP contribution < -0.4 is 0 Å². The van der Waals surface area contributed by atoms with E-state index in [1.807, 2.05) is 0 Å². The number of hydrogen-bond donors (Lipinski definition) is 1. The highest BCUT2D eigenvalue weighted by Gasteiger charge is 2.36. The van der Waals surface area contributed by atoms with Crippen molar-refractivity contribution in [3.05, 3.63) is 23.1 Å². The summed E-state index contributed by atoms with van der Waals surface area (Å²) < 4.78 is 46.0. The van der Waals surface area contributed by atoms with Gasteiger partial charge in [0, 0.05) is 20.4 Å². The molecule has 0 bridgehead atoms. The van der Waals surface area contributed by atoms with Crippen molar-refractivity contribution in [3.63, 3.8) is 0 Å². The van der Waals surface area contributed by atoms with Crippen LogP contribution in [0.3, 0.4) is 0 Å². The first-order valence-corrected chi connectivity index (χ1v) is 11.4. The first-order chi connectivity index (χ1) is 11.0. The fourth-order valence-corrected chi connectivity index (χ4v) is 3.02. The average molecular weight is 361 g/mol. The SMILES string of the molecule is Cc1nc2c(cc(CO)n2COCC[Si](C)(C)C)nc1C(F)(F)F. The first-order valence-electron chi connectivity index (χ1n) is 7.65. The van der Waals surface area contributed by atoms with E-state index >= 15 is 0 Å². The maximum Gasteiger partial charge on any atom is 0.435 e. The highest BCUT2D eigenvalue weighted by Crippen LogP contribution is 2.31. The van der Waals surface area contributed by atoms with E-state index < -0.39 is 19.9 Å². The van der Waals surface area contributed by atoms with E-state index in [4.69, 9.17) is 4.74 Å². The number of alkyl halides is 3. The number of ether oxygens (including phenoxy) is 1. The largest absolute Gasteiger partial charge is 0.435 e. The number of aromatic nitrogens is 3. The van der Waals surface area contributed by atoms with Crippen molar-refractivity contribution in [3.8, 4) is 0 Å². The Morgan fingerprint density at radius 2 is 1.92 bits per heavy atom. The van der Waals surface area contributed by atoms with Crippen molar-refractivity contribution in [2.75, 3.05) is 6.61 Å². The number of aryl methyl sites for hydroxylation is 1. The summed E-state index contributed by atoms with van der Waals surface area (Å²) in [5, 5.41) is 9.46. The molecule has 9 heteroatoms. The molecule has 2 heterocycles. The molecule has 0 fully saturated rings. The third-order valence-corrected chi connectivity index (χ3v) is 5.33. The van der Waals surface area contributed by atoms with Crippen LogP contribution in [-0.2, 0) is 24.3 Å². The zero-order chi connectivity index (χ0) is 18.1. The van der Waals surface area contributed by atoms with Crippen LogP contribution in [0.25, 0.3) is 11.2 Å². The van der Waals surface area contributed by atoms with Gasteiger partial charge in [-0.15, -0.1) is 0 Å². The molecule has 0 aromatic carbocycles. The molecule has 0 aliphatic rings. The molecule has 0 saturated carbocycles. The fraction of sp³-hybridized carbons (Fsp3) is 0.600. The van der Waals surface area contributed by atoms with Gasteiger partial charge in [0.1, 0.15) is 12.2 Å². The lowest BCUT2D eigenvalue weighted by atomic mass is 10.3. The minimum absolute atomic E-state index is 0.103. The molecular formula is C15H22F3N3O2Si. The van der Waals surface area contributed by atoms with Gasteiger partial charge in [0.05, 0.1) is 12.3 Å². The maximum absolute atomic E-state index is 12.9. The Labute approximate surface area is 139 Å². The van der Waals surface area contributed by atoms with Crippen LogP contribution in [0.5, 0.6) is 0 Å². The van der Waals surface area contributed by atoms with E-state index in [1.54, 1.807) is 4.57 Å². The van der Waals surface area contributed by atoms with Gasteiger partial charge in [0.2, 0.25) is 0 Å². The second kappa shape index (κ2) is 6.81. The molecule has 0 amide bonds. The molecule has 0 saturated heterocycles. The average Bonchev–Trinajstić information content (AvgIpc) is 2.77. The van der Waals surface area contributed by atoms with Gasteiger partial charge in [-0.25, -0.2) is 9.97 Å². The molecule has 0 radical (unpaired) electrons. The third-order valence-electron chi connectivity index (χ3n) is 3.63. The Morgan fingerprint density at radius 3 is 2.46 bits per heavy atom. The van der Waals surface area contributed by atoms with Crippen LogP contribution in [0.4, 0.5) is 13.2 Å². The van der Waals surface area contributed by atoms with E-state index in [0.29, 0.717) is 12.3 Å². The minimum Gasteiger partial charge on any atom is -0.390 e. The van der Waals surface area contributed by atoms with Crippen molar-refractivity contribution in [1.82, 2.24) is 14.5 Å². The molecule has 1 N–H and O–H groups in total. The Bertz CT molecular complexity index is 723. The van der Waals surface area contributed by atoms with Gasteiger partial charge >= 0.3 is 6.18 Å². The van der Waals surface area contributed by atoms with Crippen LogP contribution in [0.15, 0.2) is 6.07 Å². The normalized spacial score (nSPS) is 13.0. The van der Waals surface area contributed by atoms with Gasteiger partial charge in [-0.3, -0.25) is 0 Å². The molecule has 0 spiro atoms. The summed E-state index contributed by atoms with van der Waals surface area (Å²) in [6.07, 6.45) is -4.55. The lowest BCUT2D eigenvalue weighted by molar-refractivity contribution is -0.141. The molecule has 2 aromatic rings. The van der Waals surface area contributed by atoms with Crippen LogP contribution >= 0.6 is 0 Å². The van der Waals surface area contributed by atoms with Crippen molar-refractivity contribution in [1.29, 1.82) is 0 Å². The van der Waals surface area contributed by atoms with Gasteiger partial charge in [0.25, 0.3) is 0 Å². The number of aliphatic hydroxyl groups is 1. The predicted molar refractivity (Wildman–Crippen MR) is 87.3 cm³/mol. The van der Waals surface area contributed by atoms with Gasteiger partial charge in [-0.05, 0) is 19.0 Å². The Kier molecular flexibility index (Phi) is 5.36. The molecular weight excluding hydrogens is 339 g/mol. The summed E-state index contributed by atoms with van der Waals surface area (Å²) in [6, 6.07) is 2.39. The highest BCUT2D eigenvalue weighted by molar-refractivity contribution is 6.76. The van der Waals surface area contributed by atoms with Gasteiger partial charge in [-0.2, -0.15) is 13.2 Å². The highest BCUT2D eigenvalue weighted by atomic mass is 28.3. The third kappa shape index (κ3) is 4.34. The van der Waals surface area contributed by atoms with Gasteiger partial charge < -0.3 is 14.4 Å². The summed E-state index contributed by atoms with van der Waals surface area (Å²) in [6.45, 7) is 8.33. The lowest BCUT2D eigenvalue weighted by Gasteiger charge is -2.16. The number of fused-ring (bicyclic) bond motifs is 1. The maximum atomic E-state index is 12.9. The second-order valence-corrected chi connectivity index (χ2v) is 12.6. The molecule has 0 aliphatic carbocycles. The summed E-state index contributed by atoms with van der Waals surface area (Å²) >= 11 is 0. The van der Waals surface area contributed by atoms with Crippen molar-refractivity contribution >= 4 is 19.2 Å². The van der Waals surface area contributed by atoms with Crippen LogP contribution in [0.1, 0.15) is 17.1 Å². The number of nitrogens with zero attached hydrogens (tertiary/aromatic N) is 3. The van der Waals surface area contributed by atoms with E-state index in [9.17, 15) is 18.3 Å². The summed E-state index contributed by atoms with van der Waals surface area (Å²) in [5.41, 5.74) is -0.378. The van der Waals surface area contributed by atoms with E-state index in [2.05, 4.69) is 29.6 Å². The summed E-state index contributed by atoms with van der Waals surface area (Å²) in [4.78, 5) is 7.71. The van der Waals surface area contributed by atoms with Gasteiger partial charge in [-0.1, -0.05) is 19.6 Å².